The van der Waals surface area contributed by atoms with Crippen molar-refractivity contribution in [1.82, 2.24) is 14.8 Å². The first-order valence-corrected chi connectivity index (χ1v) is 5.41. The largest absolute Gasteiger partial charge is 0.307 e. The van der Waals surface area contributed by atoms with Crippen LogP contribution in [-0.2, 0) is 7.05 Å². The van der Waals surface area contributed by atoms with Crippen molar-refractivity contribution in [3.8, 4) is 0 Å². The van der Waals surface area contributed by atoms with Crippen LogP contribution in [0.1, 0.15) is 10.4 Å². The number of hydrogen-bond donors (Lipinski definition) is 3. The van der Waals surface area contributed by atoms with Crippen molar-refractivity contribution in [2.24, 2.45) is 12.9 Å². The third kappa shape index (κ3) is 2.41. The Balaban J connectivity index is 2.19. The third-order valence-electron chi connectivity index (χ3n) is 2.30. The first-order valence-electron chi connectivity index (χ1n) is 5.03. The molecule has 94 valence electrons. The number of hydrazine groups is 1. The lowest BCUT2D eigenvalue weighted by Gasteiger charge is -2.07. The standard InChI is InChI=1S/C10H11ClN6O/c1-17-8(2-3-14-17)15-10(18)6-4-7(11)9(16-12)13-5-6/h2-5H,12H2,1H3,(H,13,16)(H,15,18). The number of nitrogens with two attached hydrogens (primary N) is 1. The molecule has 2 rings (SSSR count). The highest BCUT2D eigenvalue weighted by molar-refractivity contribution is 6.33. The Morgan fingerprint density at radius 3 is 2.89 bits per heavy atom. The van der Waals surface area contributed by atoms with Crippen LogP contribution >= 0.6 is 11.6 Å². The van der Waals surface area contributed by atoms with Crippen LogP contribution in [0.3, 0.4) is 0 Å². The molecule has 0 bridgehead atoms. The van der Waals surface area contributed by atoms with E-state index in [1.807, 2.05) is 0 Å². The van der Waals surface area contributed by atoms with Crippen LogP contribution < -0.4 is 16.6 Å². The molecule has 0 aliphatic rings. The van der Waals surface area contributed by atoms with Crippen LogP contribution in [0.25, 0.3) is 0 Å². The summed E-state index contributed by atoms with van der Waals surface area (Å²) in [4.78, 5) is 15.8. The maximum Gasteiger partial charge on any atom is 0.258 e. The normalized spacial score (nSPS) is 10.2. The summed E-state index contributed by atoms with van der Waals surface area (Å²) >= 11 is 5.88. The molecule has 0 saturated heterocycles. The second-order valence-corrected chi connectivity index (χ2v) is 3.90. The Morgan fingerprint density at radius 2 is 2.33 bits per heavy atom. The van der Waals surface area contributed by atoms with E-state index in [2.05, 4.69) is 20.8 Å². The molecular formula is C10H11ClN6O. The monoisotopic (exact) mass is 266 g/mol. The number of pyridine rings is 1. The smallest absolute Gasteiger partial charge is 0.258 e. The molecule has 0 radical (unpaired) electrons. The van der Waals surface area contributed by atoms with Crippen molar-refractivity contribution in [2.75, 3.05) is 10.7 Å². The minimum Gasteiger partial charge on any atom is -0.307 e. The van der Waals surface area contributed by atoms with E-state index in [0.717, 1.165) is 0 Å². The molecule has 2 aromatic rings. The number of nitrogens with zero attached hydrogens (tertiary/aromatic N) is 3. The van der Waals surface area contributed by atoms with E-state index in [1.54, 1.807) is 24.0 Å². The number of halogens is 1. The second-order valence-electron chi connectivity index (χ2n) is 3.49. The summed E-state index contributed by atoms with van der Waals surface area (Å²) in [5, 5.41) is 6.90. The molecule has 0 unspecified atom stereocenters. The third-order valence-corrected chi connectivity index (χ3v) is 2.59. The van der Waals surface area contributed by atoms with Gasteiger partial charge in [-0.1, -0.05) is 11.6 Å². The zero-order valence-electron chi connectivity index (χ0n) is 9.51. The van der Waals surface area contributed by atoms with Crippen LogP contribution in [0.2, 0.25) is 5.02 Å². The summed E-state index contributed by atoms with van der Waals surface area (Å²) in [6, 6.07) is 3.16. The van der Waals surface area contributed by atoms with Crippen molar-refractivity contribution >= 4 is 29.1 Å². The van der Waals surface area contributed by atoms with Gasteiger partial charge in [0.05, 0.1) is 16.8 Å². The predicted molar refractivity (Wildman–Crippen MR) is 68.2 cm³/mol. The summed E-state index contributed by atoms with van der Waals surface area (Å²) in [7, 11) is 1.72. The minimum absolute atomic E-state index is 0.273. The molecule has 0 spiro atoms. The number of amides is 1. The maximum atomic E-state index is 11.9. The molecule has 0 saturated carbocycles. The number of hydrogen-bond acceptors (Lipinski definition) is 5. The highest BCUT2D eigenvalue weighted by atomic mass is 35.5. The molecule has 1 amide bonds. The summed E-state index contributed by atoms with van der Waals surface area (Å²) in [6.45, 7) is 0. The van der Waals surface area contributed by atoms with E-state index in [1.165, 1.54) is 12.3 Å². The second kappa shape index (κ2) is 5.03. The SMILES string of the molecule is Cn1nccc1NC(=O)c1cnc(NN)c(Cl)c1. The minimum atomic E-state index is -0.323. The Morgan fingerprint density at radius 1 is 1.56 bits per heavy atom. The Hall–Kier alpha value is -2.12. The summed E-state index contributed by atoms with van der Waals surface area (Å²) in [6.07, 6.45) is 2.97. The lowest BCUT2D eigenvalue weighted by Crippen LogP contribution is -2.16. The zero-order valence-corrected chi connectivity index (χ0v) is 10.3. The molecular weight excluding hydrogens is 256 g/mol. The van der Waals surface area contributed by atoms with Crippen molar-refractivity contribution in [3.63, 3.8) is 0 Å². The van der Waals surface area contributed by atoms with E-state index >= 15 is 0 Å². The first-order chi connectivity index (χ1) is 8.61. The van der Waals surface area contributed by atoms with Crippen molar-refractivity contribution in [2.45, 2.75) is 0 Å². The fourth-order valence-electron chi connectivity index (χ4n) is 1.35. The zero-order chi connectivity index (χ0) is 13.1. The van der Waals surface area contributed by atoms with Crippen molar-refractivity contribution in [3.05, 3.63) is 35.1 Å². The fourth-order valence-corrected chi connectivity index (χ4v) is 1.57. The number of nitrogens with one attached hydrogen (secondary N) is 2. The van der Waals surface area contributed by atoms with Crippen molar-refractivity contribution < 1.29 is 4.79 Å². The van der Waals surface area contributed by atoms with Gasteiger partial charge >= 0.3 is 0 Å². The predicted octanol–water partition coefficient (Wildman–Crippen LogP) is 1.01. The molecule has 7 nitrogen and oxygen atoms in total. The molecule has 0 aliphatic heterocycles. The fraction of sp³-hybridized carbons (Fsp3) is 0.100. The highest BCUT2D eigenvalue weighted by Gasteiger charge is 2.11. The van der Waals surface area contributed by atoms with Gasteiger partial charge in [0.2, 0.25) is 0 Å². The Kier molecular flexibility index (Phi) is 3.45. The van der Waals surface area contributed by atoms with E-state index in [0.29, 0.717) is 17.2 Å². The van der Waals surface area contributed by atoms with Gasteiger partial charge in [0.25, 0.3) is 5.91 Å². The first kappa shape index (κ1) is 12.3. The summed E-state index contributed by atoms with van der Waals surface area (Å²) in [5.74, 6) is 5.77. The number of anilines is 2. The number of carbonyl (C=O) groups excluding carboxylic acids is 1. The molecule has 2 aromatic heterocycles. The van der Waals surface area contributed by atoms with Crippen molar-refractivity contribution in [1.29, 1.82) is 0 Å². The molecule has 0 fully saturated rings. The van der Waals surface area contributed by atoms with Gasteiger partial charge in [-0.3, -0.25) is 9.48 Å². The Bertz CT molecular complexity index is 581. The molecule has 8 heteroatoms. The van der Waals surface area contributed by atoms with Crippen LogP contribution in [0.4, 0.5) is 11.6 Å². The average molecular weight is 267 g/mol. The molecule has 0 aromatic carbocycles. The quantitative estimate of drug-likeness (QED) is 0.569. The number of nitrogen functional groups attached to an aromatic ring is 1. The van der Waals surface area contributed by atoms with Gasteiger partial charge in [-0.05, 0) is 6.07 Å². The molecule has 0 atom stereocenters. The lowest BCUT2D eigenvalue weighted by molar-refractivity contribution is 0.102. The van der Waals surface area contributed by atoms with Gasteiger partial charge in [-0.15, -0.1) is 0 Å². The summed E-state index contributed by atoms with van der Waals surface area (Å²) in [5.41, 5.74) is 2.66. The van der Waals surface area contributed by atoms with E-state index < -0.39 is 0 Å². The average Bonchev–Trinajstić information content (AvgIpc) is 2.75. The summed E-state index contributed by atoms with van der Waals surface area (Å²) < 4.78 is 1.54. The van der Waals surface area contributed by atoms with Gasteiger partial charge in [-0.25, -0.2) is 10.8 Å². The van der Waals surface area contributed by atoms with Crippen LogP contribution in [-0.4, -0.2) is 20.7 Å². The number of aryl methyl sites for hydroxylation is 1. The van der Waals surface area contributed by atoms with Gasteiger partial charge < -0.3 is 10.7 Å². The van der Waals surface area contributed by atoms with Gasteiger partial charge in [0, 0.05) is 19.3 Å². The van der Waals surface area contributed by atoms with Gasteiger partial charge in [-0.2, -0.15) is 5.10 Å². The van der Waals surface area contributed by atoms with Crippen LogP contribution in [0.15, 0.2) is 24.5 Å². The van der Waals surface area contributed by atoms with E-state index in [-0.39, 0.29) is 10.9 Å². The van der Waals surface area contributed by atoms with E-state index in [4.69, 9.17) is 17.4 Å². The number of carbonyl (C=O) groups is 1. The molecule has 0 aliphatic carbocycles. The number of rotatable bonds is 3. The van der Waals surface area contributed by atoms with E-state index in [9.17, 15) is 4.79 Å². The lowest BCUT2D eigenvalue weighted by atomic mass is 10.2. The van der Waals surface area contributed by atoms with Crippen LogP contribution in [0, 0.1) is 0 Å². The van der Waals surface area contributed by atoms with Crippen LogP contribution in [0.5, 0.6) is 0 Å². The molecule has 18 heavy (non-hydrogen) atoms. The molecule has 2 heterocycles. The van der Waals surface area contributed by atoms with Gasteiger partial charge in [0.1, 0.15) is 5.82 Å². The number of aromatic nitrogens is 3. The molecule has 4 N–H and O–H groups in total. The maximum absolute atomic E-state index is 11.9. The topological polar surface area (TPSA) is 97.9 Å². The highest BCUT2D eigenvalue weighted by Crippen LogP contribution is 2.19. The Labute approximate surface area is 108 Å². The van der Waals surface area contributed by atoms with Gasteiger partial charge in [0.15, 0.2) is 5.82 Å².